The average Bonchev–Trinajstić information content (AvgIpc) is 2.51. The number of hydrogen-bond acceptors (Lipinski definition) is 3. The van der Waals surface area contributed by atoms with Crippen molar-refractivity contribution < 1.29 is 13.5 Å². The third-order valence-corrected chi connectivity index (χ3v) is 3.35. The first-order valence-electron chi connectivity index (χ1n) is 6.49. The van der Waals surface area contributed by atoms with Crippen LogP contribution in [0.5, 0.6) is 0 Å². The molecule has 1 aromatic carbocycles. The normalized spacial score (nSPS) is 15.4. The zero-order chi connectivity index (χ0) is 13.9. The summed E-state index contributed by atoms with van der Waals surface area (Å²) in [5.41, 5.74) is 0.796. The molecule has 0 amide bonds. The van der Waals surface area contributed by atoms with Gasteiger partial charge in [0.05, 0.1) is 13.2 Å². The predicted molar refractivity (Wildman–Crippen MR) is 72.6 cm³/mol. The van der Waals surface area contributed by atoms with Crippen LogP contribution in [0.4, 0.5) is 14.6 Å². The topological polar surface area (TPSA) is 25.4 Å². The van der Waals surface area contributed by atoms with Crippen LogP contribution in [0.1, 0.15) is 0 Å². The second kappa shape index (κ2) is 5.54. The number of hydrogen-bond donors (Lipinski definition) is 0. The smallest absolute Gasteiger partial charge is 0.166 e. The van der Waals surface area contributed by atoms with E-state index in [1.54, 1.807) is 18.3 Å². The Balaban J connectivity index is 1.87. The number of ether oxygens (including phenoxy) is 1. The van der Waals surface area contributed by atoms with Crippen LogP contribution in [0.3, 0.4) is 0 Å². The monoisotopic (exact) mass is 276 g/mol. The van der Waals surface area contributed by atoms with Crippen molar-refractivity contribution in [3.63, 3.8) is 0 Å². The summed E-state index contributed by atoms with van der Waals surface area (Å²) >= 11 is 0. The van der Waals surface area contributed by atoms with Gasteiger partial charge in [-0.1, -0.05) is 12.1 Å². The second-order valence-corrected chi connectivity index (χ2v) is 4.61. The quantitative estimate of drug-likeness (QED) is 0.843. The van der Waals surface area contributed by atoms with Gasteiger partial charge in [-0.25, -0.2) is 13.8 Å². The largest absolute Gasteiger partial charge is 0.378 e. The number of pyridine rings is 1. The van der Waals surface area contributed by atoms with E-state index < -0.39 is 11.6 Å². The SMILES string of the molecule is Fc1cccc(-c2ccc(N3CCOCC3)nc2)c1F. The van der Waals surface area contributed by atoms with Crippen LogP contribution < -0.4 is 4.90 Å². The highest BCUT2D eigenvalue weighted by Gasteiger charge is 2.14. The third-order valence-electron chi connectivity index (χ3n) is 3.35. The Hall–Kier alpha value is -2.01. The van der Waals surface area contributed by atoms with E-state index in [0.717, 1.165) is 25.0 Å². The molecule has 0 atom stereocenters. The molecule has 20 heavy (non-hydrogen) atoms. The molecule has 1 saturated heterocycles. The molecule has 1 fully saturated rings. The summed E-state index contributed by atoms with van der Waals surface area (Å²) in [6, 6.07) is 7.72. The predicted octanol–water partition coefficient (Wildman–Crippen LogP) is 2.86. The van der Waals surface area contributed by atoms with Crippen LogP contribution >= 0.6 is 0 Å². The van der Waals surface area contributed by atoms with Gasteiger partial charge in [-0.3, -0.25) is 0 Å². The number of rotatable bonds is 2. The number of halogens is 2. The number of anilines is 1. The summed E-state index contributed by atoms with van der Waals surface area (Å²) in [7, 11) is 0. The van der Waals surface area contributed by atoms with Gasteiger partial charge in [0.1, 0.15) is 5.82 Å². The molecule has 1 aromatic heterocycles. The van der Waals surface area contributed by atoms with Crippen molar-refractivity contribution in [3.05, 3.63) is 48.2 Å². The van der Waals surface area contributed by atoms with Gasteiger partial charge in [-0.05, 0) is 18.2 Å². The lowest BCUT2D eigenvalue weighted by Crippen LogP contribution is -2.36. The Morgan fingerprint density at radius 3 is 2.55 bits per heavy atom. The minimum Gasteiger partial charge on any atom is -0.378 e. The van der Waals surface area contributed by atoms with Crippen LogP contribution in [0.15, 0.2) is 36.5 Å². The molecule has 0 unspecified atom stereocenters. The van der Waals surface area contributed by atoms with Crippen LogP contribution in [-0.4, -0.2) is 31.3 Å². The molecule has 1 aliphatic heterocycles. The first-order valence-corrected chi connectivity index (χ1v) is 6.49. The maximum absolute atomic E-state index is 13.7. The number of aromatic nitrogens is 1. The maximum atomic E-state index is 13.7. The molecule has 3 nitrogen and oxygen atoms in total. The minimum absolute atomic E-state index is 0.228. The summed E-state index contributed by atoms with van der Waals surface area (Å²) in [6.07, 6.45) is 1.57. The molecule has 3 rings (SSSR count). The molecule has 0 N–H and O–H groups in total. The van der Waals surface area contributed by atoms with Crippen LogP contribution in [-0.2, 0) is 4.74 Å². The lowest BCUT2D eigenvalue weighted by atomic mass is 10.1. The Labute approximate surface area is 115 Å². The van der Waals surface area contributed by atoms with E-state index >= 15 is 0 Å². The molecule has 0 saturated carbocycles. The standard InChI is InChI=1S/C15H14F2N2O/c16-13-3-1-2-12(15(13)17)11-4-5-14(18-10-11)19-6-8-20-9-7-19/h1-5,10H,6-9H2. The molecule has 2 aromatic rings. The molecular formula is C15H14F2N2O. The van der Waals surface area contributed by atoms with Crippen molar-refractivity contribution in [2.75, 3.05) is 31.2 Å². The van der Waals surface area contributed by atoms with Crippen molar-refractivity contribution in [1.29, 1.82) is 0 Å². The molecule has 5 heteroatoms. The lowest BCUT2D eigenvalue weighted by molar-refractivity contribution is 0.122. The van der Waals surface area contributed by atoms with E-state index in [0.29, 0.717) is 18.8 Å². The molecular weight excluding hydrogens is 262 g/mol. The van der Waals surface area contributed by atoms with Crippen molar-refractivity contribution in [1.82, 2.24) is 4.98 Å². The molecule has 0 aliphatic carbocycles. The van der Waals surface area contributed by atoms with Crippen LogP contribution in [0, 0.1) is 11.6 Å². The zero-order valence-corrected chi connectivity index (χ0v) is 10.9. The van der Waals surface area contributed by atoms with Gasteiger partial charge in [0, 0.05) is 30.4 Å². The Bertz CT molecular complexity index is 595. The van der Waals surface area contributed by atoms with E-state index in [-0.39, 0.29) is 5.56 Å². The van der Waals surface area contributed by atoms with Gasteiger partial charge >= 0.3 is 0 Å². The second-order valence-electron chi connectivity index (χ2n) is 4.61. The summed E-state index contributed by atoms with van der Waals surface area (Å²) in [4.78, 5) is 6.44. The van der Waals surface area contributed by atoms with Gasteiger partial charge in [0.25, 0.3) is 0 Å². The Morgan fingerprint density at radius 1 is 1.05 bits per heavy atom. The Kier molecular flexibility index (Phi) is 3.60. The van der Waals surface area contributed by atoms with Crippen molar-refractivity contribution in [2.24, 2.45) is 0 Å². The minimum atomic E-state index is -0.847. The number of morpholine rings is 1. The van der Waals surface area contributed by atoms with Crippen molar-refractivity contribution >= 4 is 5.82 Å². The molecule has 0 spiro atoms. The highest BCUT2D eigenvalue weighted by atomic mass is 19.2. The number of benzene rings is 1. The average molecular weight is 276 g/mol. The van der Waals surface area contributed by atoms with Crippen molar-refractivity contribution in [3.8, 4) is 11.1 Å². The van der Waals surface area contributed by atoms with E-state index in [1.165, 1.54) is 6.07 Å². The molecule has 1 aliphatic rings. The maximum Gasteiger partial charge on any atom is 0.166 e. The number of nitrogens with zero attached hydrogens (tertiary/aromatic N) is 2. The van der Waals surface area contributed by atoms with E-state index in [9.17, 15) is 8.78 Å². The fourth-order valence-electron chi connectivity index (χ4n) is 2.25. The summed E-state index contributed by atoms with van der Waals surface area (Å²) < 4.78 is 32.2. The highest BCUT2D eigenvalue weighted by molar-refractivity contribution is 5.64. The molecule has 2 heterocycles. The first-order chi connectivity index (χ1) is 9.75. The van der Waals surface area contributed by atoms with E-state index in [2.05, 4.69) is 9.88 Å². The third kappa shape index (κ3) is 2.49. The van der Waals surface area contributed by atoms with Gasteiger partial charge in [0.15, 0.2) is 11.6 Å². The van der Waals surface area contributed by atoms with Crippen LogP contribution in [0.25, 0.3) is 11.1 Å². The summed E-state index contributed by atoms with van der Waals surface area (Å²) in [5, 5.41) is 0. The van der Waals surface area contributed by atoms with E-state index in [1.807, 2.05) is 6.07 Å². The highest BCUT2D eigenvalue weighted by Crippen LogP contribution is 2.25. The van der Waals surface area contributed by atoms with Crippen LogP contribution in [0.2, 0.25) is 0 Å². The van der Waals surface area contributed by atoms with E-state index in [4.69, 9.17) is 4.74 Å². The summed E-state index contributed by atoms with van der Waals surface area (Å²) in [6.45, 7) is 2.95. The lowest BCUT2D eigenvalue weighted by Gasteiger charge is -2.27. The van der Waals surface area contributed by atoms with Gasteiger partial charge in [-0.2, -0.15) is 0 Å². The summed E-state index contributed by atoms with van der Waals surface area (Å²) in [5.74, 6) is -0.859. The first kappa shape index (κ1) is 13.0. The zero-order valence-electron chi connectivity index (χ0n) is 10.9. The fourth-order valence-corrected chi connectivity index (χ4v) is 2.25. The van der Waals surface area contributed by atoms with Gasteiger partial charge in [0.2, 0.25) is 0 Å². The fraction of sp³-hybridized carbons (Fsp3) is 0.267. The molecule has 0 bridgehead atoms. The van der Waals surface area contributed by atoms with Crippen molar-refractivity contribution in [2.45, 2.75) is 0 Å². The Morgan fingerprint density at radius 2 is 1.85 bits per heavy atom. The molecule has 104 valence electrons. The van der Waals surface area contributed by atoms with Gasteiger partial charge < -0.3 is 9.64 Å². The van der Waals surface area contributed by atoms with Gasteiger partial charge in [-0.15, -0.1) is 0 Å². The molecule has 0 radical (unpaired) electrons.